The SMILES string of the molecule is CC1C=CC=CC=CC=CC=CC=CC=CC(OC2OC(C)C(O)C(N)C2O)CC(O)C(CC(=O)O)C(O)CC(=O)CC(O)CC(O)CC(O)CC(=O)CCCC(O)CC(=O)OC1C(C)CC(C)C(O)CC(=O)c1ccncc1. The predicted octanol–water partition coefficient (Wildman–Crippen LogP) is 3.61. The van der Waals surface area contributed by atoms with Crippen LogP contribution in [0, 0.1) is 23.7 Å². The fourth-order valence-corrected chi connectivity index (χ4v) is 9.54. The van der Waals surface area contributed by atoms with E-state index in [-0.39, 0.29) is 80.7 Å². The van der Waals surface area contributed by atoms with Gasteiger partial charge in [0.05, 0.1) is 79.9 Å². The number of aliphatic hydroxyl groups is 9. The fourth-order valence-electron chi connectivity index (χ4n) is 9.54. The maximum atomic E-state index is 13.3. The molecule has 0 radical (unpaired) electrons. The largest absolute Gasteiger partial charge is 0.481 e. The van der Waals surface area contributed by atoms with Crippen molar-refractivity contribution in [1.29, 1.82) is 0 Å². The minimum atomic E-state index is -1.72. The van der Waals surface area contributed by atoms with Crippen LogP contribution < -0.4 is 5.73 Å². The molecular weight excluding hydrogens is 1020 g/mol. The number of cyclic esters (lactones) is 1. The summed E-state index contributed by atoms with van der Waals surface area (Å²) >= 11 is 0. The summed E-state index contributed by atoms with van der Waals surface area (Å²) < 4.78 is 17.7. The Labute approximate surface area is 463 Å². The molecule has 18 atom stereocenters. The van der Waals surface area contributed by atoms with Gasteiger partial charge in [-0.25, -0.2) is 0 Å². The van der Waals surface area contributed by atoms with Gasteiger partial charge in [-0.15, -0.1) is 0 Å². The molecule has 440 valence electrons. The van der Waals surface area contributed by atoms with E-state index in [2.05, 4.69) is 4.98 Å². The van der Waals surface area contributed by atoms with Gasteiger partial charge in [0.25, 0.3) is 0 Å². The van der Waals surface area contributed by atoms with Crippen molar-refractivity contribution in [3.05, 3.63) is 115 Å². The third-order valence-electron chi connectivity index (χ3n) is 14.0. The molecule has 0 aromatic carbocycles. The Hall–Kier alpha value is -5.20. The highest BCUT2D eigenvalue weighted by Gasteiger charge is 2.43. The minimum absolute atomic E-state index is 0.0591. The van der Waals surface area contributed by atoms with E-state index < -0.39 is 135 Å². The van der Waals surface area contributed by atoms with Gasteiger partial charge in [0.1, 0.15) is 23.8 Å². The van der Waals surface area contributed by atoms with Crippen molar-refractivity contribution >= 4 is 29.3 Å². The summed E-state index contributed by atoms with van der Waals surface area (Å²) in [6.07, 6.45) is 7.57. The first kappa shape index (κ1) is 68.1. The third-order valence-corrected chi connectivity index (χ3v) is 14.0. The van der Waals surface area contributed by atoms with Gasteiger partial charge >= 0.3 is 11.9 Å². The molecular formula is C59H86N2O18. The maximum Gasteiger partial charge on any atom is 0.308 e. The molecule has 1 fully saturated rings. The van der Waals surface area contributed by atoms with E-state index in [4.69, 9.17) is 19.9 Å². The highest BCUT2D eigenvalue weighted by Crippen LogP contribution is 2.30. The summed E-state index contributed by atoms with van der Waals surface area (Å²) in [4.78, 5) is 67.9. The van der Waals surface area contributed by atoms with Gasteiger partial charge in [-0.05, 0) is 63.0 Å². The highest BCUT2D eigenvalue weighted by atomic mass is 16.7. The van der Waals surface area contributed by atoms with E-state index in [1.54, 1.807) is 85.0 Å². The first-order chi connectivity index (χ1) is 37.4. The zero-order chi connectivity index (χ0) is 58.6. The van der Waals surface area contributed by atoms with E-state index in [1.807, 2.05) is 26.8 Å². The molecule has 20 heteroatoms. The number of pyridine rings is 1. The van der Waals surface area contributed by atoms with Crippen molar-refractivity contribution in [3.8, 4) is 0 Å². The van der Waals surface area contributed by atoms with Crippen LogP contribution in [0.4, 0.5) is 0 Å². The number of aromatic nitrogens is 1. The summed E-state index contributed by atoms with van der Waals surface area (Å²) in [6.45, 7) is 7.11. The van der Waals surface area contributed by atoms with Crippen molar-refractivity contribution in [1.82, 2.24) is 4.98 Å². The number of rotatable bonds is 11. The Balaban J connectivity index is 1.84. The van der Waals surface area contributed by atoms with E-state index in [9.17, 15) is 75.0 Å². The monoisotopic (exact) mass is 1110 g/mol. The molecule has 79 heavy (non-hydrogen) atoms. The van der Waals surface area contributed by atoms with Crippen LogP contribution in [0.5, 0.6) is 0 Å². The fraction of sp³-hybridized carbons (Fsp3) is 0.593. The second-order valence-corrected chi connectivity index (χ2v) is 21.1. The summed E-state index contributed by atoms with van der Waals surface area (Å²) in [5, 5.41) is 107. The molecule has 2 aliphatic rings. The van der Waals surface area contributed by atoms with Gasteiger partial charge in [0.2, 0.25) is 0 Å². The number of carbonyl (C=O) groups excluding carboxylic acids is 4. The molecule has 0 amide bonds. The number of aliphatic carboxylic acids is 1. The van der Waals surface area contributed by atoms with Crippen LogP contribution in [0.3, 0.4) is 0 Å². The number of aliphatic hydroxyl groups excluding tert-OH is 9. The summed E-state index contributed by atoms with van der Waals surface area (Å²) in [6, 6.07) is 2.01. The molecule has 1 aromatic rings. The van der Waals surface area contributed by atoms with Crippen molar-refractivity contribution < 1.29 is 89.2 Å². The number of ether oxygens (including phenoxy) is 3. The molecule has 0 saturated carbocycles. The third kappa shape index (κ3) is 26.3. The molecule has 3 rings (SSSR count). The van der Waals surface area contributed by atoms with Crippen LogP contribution in [0.1, 0.15) is 122 Å². The Kier molecular flexibility index (Phi) is 31.2. The van der Waals surface area contributed by atoms with Gasteiger partial charge in [0, 0.05) is 68.3 Å². The number of hydrogen-bond donors (Lipinski definition) is 11. The topological polar surface area (TPSA) is 354 Å². The van der Waals surface area contributed by atoms with Crippen LogP contribution in [0.2, 0.25) is 0 Å². The molecule has 1 saturated heterocycles. The Morgan fingerprint density at radius 1 is 0.709 bits per heavy atom. The van der Waals surface area contributed by atoms with E-state index in [1.165, 1.54) is 25.4 Å². The first-order valence-corrected chi connectivity index (χ1v) is 27.2. The zero-order valence-electron chi connectivity index (χ0n) is 45.7. The highest BCUT2D eigenvalue weighted by molar-refractivity contribution is 5.96. The van der Waals surface area contributed by atoms with Crippen molar-refractivity contribution in [2.45, 2.75) is 197 Å². The number of carbonyl (C=O) groups is 5. The molecule has 12 N–H and O–H groups in total. The van der Waals surface area contributed by atoms with E-state index in [0.29, 0.717) is 12.0 Å². The molecule has 1 aromatic heterocycles. The molecule has 20 nitrogen and oxygen atoms in total. The van der Waals surface area contributed by atoms with Gasteiger partial charge < -0.3 is 71.0 Å². The lowest BCUT2D eigenvalue weighted by Gasteiger charge is -2.41. The van der Waals surface area contributed by atoms with Crippen LogP contribution in [-0.2, 0) is 33.4 Å². The lowest BCUT2D eigenvalue weighted by molar-refractivity contribution is -0.277. The zero-order valence-corrected chi connectivity index (χ0v) is 45.7. The molecule has 0 aliphatic carbocycles. The standard InChI is InChI=1S/C59H86N2O18/c1-36-18-15-13-11-9-7-5-6-8-10-12-14-16-21-47(78-59-57(76)55(60)56(75)39(4)77-59)33-52(71)48(34-53(72)73)51(70)31-46(67)30-45(66)29-44(65)28-43(64)27-41(62)19-17-20-42(63)32-54(74)79-58(36)38(3)26-37(2)49(68)35-50(69)40-22-24-61-25-23-40/h5-16,18,21-25,36-39,42-45,47-49,51-52,55-59,63-66,68,70-71,75-76H,17,19-20,26-35,60H2,1-4H3,(H,72,73). The molecule has 2 aliphatic heterocycles. The van der Waals surface area contributed by atoms with Gasteiger partial charge in [-0.1, -0.05) is 106 Å². The van der Waals surface area contributed by atoms with E-state index >= 15 is 0 Å². The van der Waals surface area contributed by atoms with Gasteiger partial charge in [-0.3, -0.25) is 29.0 Å². The van der Waals surface area contributed by atoms with E-state index in [0.717, 1.165) is 0 Å². The lowest BCUT2D eigenvalue weighted by Crippen LogP contribution is -2.61. The molecule has 0 spiro atoms. The van der Waals surface area contributed by atoms with Crippen molar-refractivity contribution in [3.63, 3.8) is 0 Å². The number of nitrogens with two attached hydrogens (primary N) is 1. The van der Waals surface area contributed by atoms with Crippen LogP contribution in [0.15, 0.2) is 110 Å². The number of hydrogen-bond acceptors (Lipinski definition) is 19. The van der Waals surface area contributed by atoms with Crippen LogP contribution in [0.25, 0.3) is 0 Å². The van der Waals surface area contributed by atoms with Crippen molar-refractivity contribution in [2.24, 2.45) is 29.4 Å². The van der Waals surface area contributed by atoms with Crippen LogP contribution >= 0.6 is 0 Å². The summed E-state index contributed by atoms with van der Waals surface area (Å²) in [5.74, 6) is -5.81. The Bertz CT molecular complexity index is 2230. The van der Waals surface area contributed by atoms with Crippen LogP contribution in [-0.4, -0.2) is 171 Å². The number of carboxylic acids is 1. The first-order valence-electron chi connectivity index (χ1n) is 27.2. The maximum absolute atomic E-state index is 13.3. The second-order valence-electron chi connectivity index (χ2n) is 21.1. The second kappa shape index (κ2) is 36.2. The molecule has 0 bridgehead atoms. The smallest absolute Gasteiger partial charge is 0.308 e. The minimum Gasteiger partial charge on any atom is -0.481 e. The number of allylic oxidation sites excluding steroid dienone is 12. The summed E-state index contributed by atoms with van der Waals surface area (Å²) in [7, 11) is 0. The summed E-state index contributed by atoms with van der Waals surface area (Å²) in [5.41, 5.74) is 6.45. The number of Topliss-reactive ketones (excluding diaryl/α,β-unsaturated/α-hetero) is 3. The Morgan fingerprint density at radius 3 is 1.85 bits per heavy atom. The van der Waals surface area contributed by atoms with Gasteiger partial charge in [-0.2, -0.15) is 0 Å². The Morgan fingerprint density at radius 2 is 1.27 bits per heavy atom. The lowest BCUT2D eigenvalue weighted by atomic mass is 9.83. The predicted molar refractivity (Wildman–Crippen MR) is 292 cm³/mol. The van der Waals surface area contributed by atoms with Gasteiger partial charge in [0.15, 0.2) is 12.1 Å². The molecule has 3 heterocycles. The number of nitrogens with zero attached hydrogens (tertiary/aromatic N) is 1. The number of esters is 1. The normalized spacial score (nSPS) is 32.8. The average molecular weight is 1110 g/mol. The van der Waals surface area contributed by atoms with Crippen molar-refractivity contribution in [2.75, 3.05) is 0 Å². The quantitative estimate of drug-likeness (QED) is 0.111. The number of carboxylic acid groups (broad SMARTS) is 1. The average Bonchev–Trinajstić information content (AvgIpc) is 3.37. The number of ketones is 3. The molecule has 18 unspecified atom stereocenters.